The smallest absolute Gasteiger partial charge is 0.287 e. The minimum atomic E-state index is -3.78. The van der Waals surface area contributed by atoms with Crippen molar-refractivity contribution in [3.05, 3.63) is 83.5 Å². The third kappa shape index (κ3) is 3.95. The first-order valence-corrected chi connectivity index (χ1v) is 9.62. The maximum atomic E-state index is 13.1. The summed E-state index contributed by atoms with van der Waals surface area (Å²) in [4.78, 5) is 16.2. The molecule has 1 amide bonds. The molecule has 0 spiro atoms. The third-order valence-corrected chi connectivity index (χ3v) is 6.14. The Morgan fingerprint density at radius 3 is 2.54 bits per heavy atom. The standard InChI is InChI=1S/C18H15ClN2O4S/c19-14-5-7-15(8-6-14)26(23,24)17(13-3-1-9-20-11-13)12-21-18(22)16-4-2-10-25-16/h1-11,17H,12H2,(H,21,22)/t17-/m0/s1. The van der Waals surface area contributed by atoms with E-state index in [0.717, 1.165) is 0 Å². The molecule has 8 heteroatoms. The summed E-state index contributed by atoms with van der Waals surface area (Å²) in [5, 5.41) is 2.04. The molecule has 6 nitrogen and oxygen atoms in total. The predicted octanol–water partition coefficient (Wildman–Crippen LogP) is 3.27. The van der Waals surface area contributed by atoms with Gasteiger partial charge in [0.25, 0.3) is 5.91 Å². The van der Waals surface area contributed by atoms with Crippen molar-refractivity contribution in [1.29, 1.82) is 0 Å². The second-order valence-corrected chi connectivity index (χ2v) is 8.03. The van der Waals surface area contributed by atoms with Gasteiger partial charge in [-0.05, 0) is 48.0 Å². The van der Waals surface area contributed by atoms with E-state index in [2.05, 4.69) is 10.3 Å². The maximum Gasteiger partial charge on any atom is 0.287 e. The Morgan fingerprint density at radius 2 is 1.92 bits per heavy atom. The zero-order valence-electron chi connectivity index (χ0n) is 13.5. The number of aromatic nitrogens is 1. The highest BCUT2D eigenvalue weighted by atomic mass is 35.5. The first-order valence-electron chi connectivity index (χ1n) is 7.69. The molecule has 2 heterocycles. The van der Waals surface area contributed by atoms with Crippen LogP contribution in [0.5, 0.6) is 0 Å². The number of amides is 1. The lowest BCUT2D eigenvalue weighted by Crippen LogP contribution is -2.31. The summed E-state index contributed by atoms with van der Waals surface area (Å²) in [6, 6.07) is 12.3. The molecule has 0 unspecified atom stereocenters. The lowest BCUT2D eigenvalue weighted by Gasteiger charge is -2.18. The molecule has 1 atom stereocenters. The third-order valence-electron chi connectivity index (χ3n) is 3.77. The molecule has 0 bridgehead atoms. The predicted molar refractivity (Wildman–Crippen MR) is 96.7 cm³/mol. The summed E-state index contributed by atoms with van der Waals surface area (Å²) in [6.07, 6.45) is 4.39. The number of nitrogens with zero attached hydrogens (tertiary/aromatic N) is 1. The Morgan fingerprint density at radius 1 is 1.15 bits per heavy atom. The molecule has 26 heavy (non-hydrogen) atoms. The van der Waals surface area contributed by atoms with Crippen molar-refractivity contribution < 1.29 is 17.6 Å². The van der Waals surface area contributed by atoms with E-state index in [1.54, 1.807) is 24.4 Å². The van der Waals surface area contributed by atoms with E-state index in [9.17, 15) is 13.2 Å². The number of carbonyl (C=O) groups excluding carboxylic acids is 1. The topological polar surface area (TPSA) is 89.3 Å². The Bertz CT molecular complexity index is 972. The van der Waals surface area contributed by atoms with Crippen LogP contribution in [-0.4, -0.2) is 25.9 Å². The number of sulfone groups is 1. The number of rotatable bonds is 6. The van der Waals surface area contributed by atoms with Gasteiger partial charge in [0.15, 0.2) is 15.6 Å². The maximum absolute atomic E-state index is 13.1. The van der Waals surface area contributed by atoms with Gasteiger partial charge in [0, 0.05) is 24.0 Å². The average Bonchev–Trinajstić information content (AvgIpc) is 3.17. The van der Waals surface area contributed by atoms with Gasteiger partial charge < -0.3 is 9.73 Å². The fourth-order valence-corrected chi connectivity index (χ4v) is 4.21. The van der Waals surface area contributed by atoms with Crippen molar-refractivity contribution in [2.24, 2.45) is 0 Å². The van der Waals surface area contributed by atoms with Gasteiger partial charge >= 0.3 is 0 Å². The van der Waals surface area contributed by atoms with E-state index in [0.29, 0.717) is 10.6 Å². The van der Waals surface area contributed by atoms with Crippen LogP contribution in [0, 0.1) is 0 Å². The number of hydrogen-bond donors (Lipinski definition) is 1. The van der Waals surface area contributed by atoms with Gasteiger partial charge in [0.1, 0.15) is 5.25 Å². The molecule has 0 fully saturated rings. The molecule has 0 aliphatic carbocycles. The fourth-order valence-electron chi connectivity index (χ4n) is 2.44. The molecule has 0 radical (unpaired) electrons. The van der Waals surface area contributed by atoms with Crippen LogP contribution in [0.4, 0.5) is 0 Å². The van der Waals surface area contributed by atoms with Gasteiger partial charge in [-0.2, -0.15) is 0 Å². The van der Waals surface area contributed by atoms with Crippen LogP contribution in [-0.2, 0) is 9.84 Å². The molecule has 1 N–H and O–H groups in total. The van der Waals surface area contributed by atoms with Crippen molar-refractivity contribution in [3.8, 4) is 0 Å². The number of pyridine rings is 1. The van der Waals surface area contributed by atoms with E-state index in [1.165, 1.54) is 42.8 Å². The Kier molecular flexibility index (Phi) is 5.39. The summed E-state index contributed by atoms with van der Waals surface area (Å²) in [7, 11) is -3.78. The van der Waals surface area contributed by atoms with E-state index < -0.39 is 21.0 Å². The first-order chi connectivity index (χ1) is 12.5. The molecule has 0 aliphatic heterocycles. The Hall–Kier alpha value is -2.64. The summed E-state index contributed by atoms with van der Waals surface area (Å²) in [5.74, 6) is -0.381. The van der Waals surface area contributed by atoms with Crippen LogP contribution in [0.3, 0.4) is 0 Å². The largest absolute Gasteiger partial charge is 0.459 e. The van der Waals surface area contributed by atoms with Gasteiger partial charge in [-0.1, -0.05) is 17.7 Å². The van der Waals surface area contributed by atoms with E-state index in [4.69, 9.17) is 16.0 Å². The van der Waals surface area contributed by atoms with Crippen molar-refractivity contribution >= 4 is 27.3 Å². The Labute approximate surface area is 155 Å². The van der Waals surface area contributed by atoms with Crippen LogP contribution in [0.1, 0.15) is 21.4 Å². The molecule has 0 saturated heterocycles. The molecule has 0 saturated carbocycles. The molecule has 3 rings (SSSR count). The quantitative estimate of drug-likeness (QED) is 0.697. The fraction of sp³-hybridized carbons (Fsp3) is 0.111. The monoisotopic (exact) mass is 390 g/mol. The van der Waals surface area contributed by atoms with E-state index >= 15 is 0 Å². The van der Waals surface area contributed by atoms with Crippen molar-refractivity contribution in [3.63, 3.8) is 0 Å². The molecule has 2 aromatic heterocycles. The number of halogens is 1. The van der Waals surface area contributed by atoms with Crippen molar-refractivity contribution in [1.82, 2.24) is 10.3 Å². The van der Waals surface area contributed by atoms with Crippen molar-refractivity contribution in [2.75, 3.05) is 6.54 Å². The number of hydrogen-bond acceptors (Lipinski definition) is 5. The highest BCUT2D eigenvalue weighted by Gasteiger charge is 2.30. The van der Waals surface area contributed by atoms with Gasteiger partial charge in [0.2, 0.25) is 0 Å². The first kappa shape index (κ1) is 18.2. The highest BCUT2D eigenvalue weighted by molar-refractivity contribution is 7.91. The Balaban J connectivity index is 1.91. The van der Waals surface area contributed by atoms with Crippen LogP contribution in [0.2, 0.25) is 5.02 Å². The highest BCUT2D eigenvalue weighted by Crippen LogP contribution is 2.29. The zero-order chi connectivity index (χ0) is 18.6. The number of nitrogens with one attached hydrogen (secondary N) is 1. The number of benzene rings is 1. The molecular formula is C18H15ClN2O4S. The van der Waals surface area contributed by atoms with Crippen LogP contribution in [0.25, 0.3) is 0 Å². The summed E-state index contributed by atoms with van der Waals surface area (Å²) in [6.45, 7) is -0.129. The van der Waals surface area contributed by atoms with E-state index in [1.807, 2.05) is 0 Å². The minimum absolute atomic E-state index is 0.110. The minimum Gasteiger partial charge on any atom is -0.459 e. The normalized spacial score (nSPS) is 12.5. The van der Waals surface area contributed by atoms with Gasteiger partial charge in [0.05, 0.1) is 11.2 Å². The SMILES string of the molecule is O=C(NC[C@@H](c1cccnc1)S(=O)(=O)c1ccc(Cl)cc1)c1ccco1. The van der Waals surface area contributed by atoms with Crippen LogP contribution >= 0.6 is 11.6 Å². The molecular weight excluding hydrogens is 376 g/mol. The number of furan rings is 1. The van der Waals surface area contributed by atoms with Crippen molar-refractivity contribution in [2.45, 2.75) is 10.1 Å². The van der Waals surface area contributed by atoms with Crippen LogP contribution < -0.4 is 5.32 Å². The summed E-state index contributed by atoms with van der Waals surface area (Å²) in [5.41, 5.74) is 0.474. The average molecular weight is 391 g/mol. The zero-order valence-corrected chi connectivity index (χ0v) is 15.1. The molecule has 134 valence electrons. The van der Waals surface area contributed by atoms with Gasteiger partial charge in [-0.15, -0.1) is 0 Å². The lowest BCUT2D eigenvalue weighted by atomic mass is 10.2. The molecule has 3 aromatic rings. The number of carbonyl (C=O) groups is 1. The molecule has 1 aromatic carbocycles. The summed E-state index contributed by atoms with van der Waals surface area (Å²) < 4.78 is 31.2. The van der Waals surface area contributed by atoms with Gasteiger partial charge in [-0.25, -0.2) is 8.42 Å². The van der Waals surface area contributed by atoms with E-state index in [-0.39, 0.29) is 17.2 Å². The molecule has 0 aliphatic rings. The second kappa shape index (κ2) is 7.72. The summed E-state index contributed by atoms with van der Waals surface area (Å²) >= 11 is 5.85. The van der Waals surface area contributed by atoms with Crippen LogP contribution in [0.15, 0.2) is 76.5 Å². The second-order valence-electron chi connectivity index (χ2n) is 5.46. The van der Waals surface area contributed by atoms with Gasteiger partial charge in [-0.3, -0.25) is 9.78 Å². The lowest BCUT2D eigenvalue weighted by molar-refractivity contribution is 0.0926.